The number of hydrogen-bond acceptors (Lipinski definition) is 1. The molecule has 1 aliphatic rings. The van der Waals surface area contributed by atoms with Gasteiger partial charge in [-0.25, -0.2) is 0 Å². The van der Waals surface area contributed by atoms with Crippen LogP contribution in [-0.4, -0.2) is 6.54 Å². The van der Waals surface area contributed by atoms with Crippen molar-refractivity contribution in [1.29, 1.82) is 0 Å². The normalized spacial score (nSPS) is 25.9. The predicted octanol–water partition coefficient (Wildman–Crippen LogP) is 2.85. The van der Waals surface area contributed by atoms with Crippen LogP contribution >= 0.6 is 0 Å². The second-order valence-electron chi connectivity index (χ2n) is 4.46. The van der Waals surface area contributed by atoms with E-state index in [9.17, 15) is 0 Å². The van der Waals surface area contributed by atoms with Crippen molar-refractivity contribution in [3.05, 3.63) is 35.4 Å². The van der Waals surface area contributed by atoms with Gasteiger partial charge in [0.2, 0.25) is 0 Å². The molecule has 0 amide bonds. The second kappa shape index (κ2) is 3.74. The van der Waals surface area contributed by atoms with Crippen LogP contribution in [0.25, 0.3) is 0 Å². The van der Waals surface area contributed by atoms with Gasteiger partial charge in [0.25, 0.3) is 0 Å². The van der Waals surface area contributed by atoms with E-state index in [1.807, 2.05) is 0 Å². The Morgan fingerprint density at radius 2 is 1.93 bits per heavy atom. The maximum absolute atomic E-state index is 3.49. The van der Waals surface area contributed by atoms with Gasteiger partial charge in [-0.1, -0.05) is 37.6 Å². The molecule has 0 spiro atoms. The molecule has 1 atom stereocenters. The fraction of sp³-hybridized carbons (Fsp3) is 0.538. The van der Waals surface area contributed by atoms with Crippen LogP contribution in [0.15, 0.2) is 24.3 Å². The molecule has 1 heterocycles. The van der Waals surface area contributed by atoms with Crippen LogP contribution in [0.4, 0.5) is 0 Å². The number of benzene rings is 1. The Balaban J connectivity index is 2.13. The van der Waals surface area contributed by atoms with Gasteiger partial charge in [-0.15, -0.1) is 0 Å². The summed E-state index contributed by atoms with van der Waals surface area (Å²) in [5.41, 5.74) is 3.15. The minimum absolute atomic E-state index is 0.255. The molecule has 0 bridgehead atoms. The Labute approximate surface area is 86.5 Å². The first-order chi connectivity index (χ1) is 6.74. The third kappa shape index (κ3) is 1.69. The van der Waals surface area contributed by atoms with Crippen LogP contribution in [-0.2, 0) is 12.0 Å². The molecule has 76 valence electrons. The molecule has 2 rings (SSSR count). The second-order valence-corrected chi connectivity index (χ2v) is 4.46. The highest BCUT2D eigenvalue weighted by Gasteiger charge is 2.32. The van der Waals surface area contributed by atoms with Crippen molar-refractivity contribution >= 4 is 0 Å². The minimum atomic E-state index is 0.255. The summed E-state index contributed by atoms with van der Waals surface area (Å²) in [6.07, 6.45) is 3.69. The lowest BCUT2D eigenvalue weighted by atomic mass is 9.82. The predicted molar refractivity (Wildman–Crippen MR) is 60.4 cm³/mol. The molecule has 1 nitrogen and oxygen atoms in total. The van der Waals surface area contributed by atoms with Crippen LogP contribution in [0.3, 0.4) is 0 Å². The van der Waals surface area contributed by atoms with E-state index in [1.54, 1.807) is 0 Å². The lowest BCUT2D eigenvalue weighted by Gasteiger charge is -2.40. The minimum Gasteiger partial charge on any atom is -0.307 e. The molecule has 0 aliphatic carbocycles. The Morgan fingerprint density at radius 3 is 2.36 bits per heavy atom. The van der Waals surface area contributed by atoms with Gasteiger partial charge < -0.3 is 5.32 Å². The van der Waals surface area contributed by atoms with E-state index in [0.717, 1.165) is 6.54 Å². The first-order valence-corrected chi connectivity index (χ1v) is 5.59. The van der Waals surface area contributed by atoms with E-state index in [2.05, 4.69) is 43.4 Å². The Morgan fingerprint density at radius 1 is 1.29 bits per heavy atom. The molecular formula is C13H19N. The summed E-state index contributed by atoms with van der Waals surface area (Å²) >= 11 is 0. The van der Waals surface area contributed by atoms with Gasteiger partial charge in [0.15, 0.2) is 0 Å². The standard InChI is InChI=1S/C13H19N/c1-3-4-11-5-7-12(8-6-11)13(2)9-10-14-13/h5-8,14H,3-4,9-10H2,1-2H3. The average molecular weight is 189 g/mol. The molecule has 1 heteroatoms. The van der Waals surface area contributed by atoms with Gasteiger partial charge in [-0.2, -0.15) is 0 Å². The summed E-state index contributed by atoms with van der Waals surface area (Å²) in [5, 5.41) is 3.49. The first-order valence-electron chi connectivity index (χ1n) is 5.59. The topological polar surface area (TPSA) is 12.0 Å². The number of nitrogens with one attached hydrogen (secondary N) is 1. The highest BCUT2D eigenvalue weighted by atomic mass is 15.0. The Hall–Kier alpha value is -0.820. The van der Waals surface area contributed by atoms with Gasteiger partial charge >= 0.3 is 0 Å². The van der Waals surface area contributed by atoms with E-state index in [1.165, 1.54) is 30.4 Å². The van der Waals surface area contributed by atoms with Gasteiger partial charge in [0, 0.05) is 5.54 Å². The number of hydrogen-bond donors (Lipinski definition) is 1. The van der Waals surface area contributed by atoms with Gasteiger partial charge in [-0.05, 0) is 37.4 Å². The quantitative estimate of drug-likeness (QED) is 0.771. The maximum Gasteiger partial charge on any atom is 0.0418 e. The van der Waals surface area contributed by atoms with Crippen LogP contribution in [0.2, 0.25) is 0 Å². The van der Waals surface area contributed by atoms with Gasteiger partial charge in [-0.3, -0.25) is 0 Å². The Bertz CT molecular complexity index is 296. The van der Waals surface area contributed by atoms with Crippen molar-refractivity contribution in [1.82, 2.24) is 5.32 Å². The number of aryl methyl sites for hydroxylation is 1. The average Bonchev–Trinajstić information content (AvgIpc) is 2.16. The van der Waals surface area contributed by atoms with Crippen molar-refractivity contribution in [3.63, 3.8) is 0 Å². The zero-order chi connectivity index (χ0) is 10.0. The largest absolute Gasteiger partial charge is 0.307 e. The summed E-state index contributed by atoms with van der Waals surface area (Å²) in [5.74, 6) is 0. The van der Waals surface area contributed by atoms with Crippen molar-refractivity contribution < 1.29 is 0 Å². The maximum atomic E-state index is 3.49. The first kappa shape index (κ1) is 9.72. The summed E-state index contributed by atoms with van der Waals surface area (Å²) in [7, 11) is 0. The molecule has 1 saturated heterocycles. The fourth-order valence-corrected chi connectivity index (χ4v) is 2.07. The van der Waals surface area contributed by atoms with Crippen molar-refractivity contribution in [3.8, 4) is 0 Å². The van der Waals surface area contributed by atoms with E-state index in [0.29, 0.717) is 0 Å². The molecule has 0 aromatic heterocycles. The third-order valence-corrected chi connectivity index (χ3v) is 3.27. The number of rotatable bonds is 3. The lowest BCUT2D eigenvalue weighted by Crippen LogP contribution is -2.51. The van der Waals surface area contributed by atoms with Crippen LogP contribution in [0, 0.1) is 0 Å². The van der Waals surface area contributed by atoms with E-state index in [4.69, 9.17) is 0 Å². The van der Waals surface area contributed by atoms with Gasteiger partial charge in [0.05, 0.1) is 0 Å². The molecule has 14 heavy (non-hydrogen) atoms. The van der Waals surface area contributed by atoms with Crippen LogP contribution in [0.1, 0.15) is 37.8 Å². The molecule has 1 unspecified atom stereocenters. The molecule has 0 saturated carbocycles. The van der Waals surface area contributed by atoms with Crippen LogP contribution in [0.5, 0.6) is 0 Å². The SMILES string of the molecule is CCCc1ccc(C2(C)CCN2)cc1. The highest BCUT2D eigenvalue weighted by molar-refractivity contribution is 5.29. The van der Waals surface area contributed by atoms with E-state index in [-0.39, 0.29) is 5.54 Å². The van der Waals surface area contributed by atoms with Crippen molar-refractivity contribution in [2.75, 3.05) is 6.54 Å². The monoisotopic (exact) mass is 189 g/mol. The third-order valence-electron chi connectivity index (χ3n) is 3.27. The summed E-state index contributed by atoms with van der Waals surface area (Å²) in [6.45, 7) is 5.67. The van der Waals surface area contributed by atoms with Gasteiger partial charge in [0.1, 0.15) is 0 Å². The lowest BCUT2D eigenvalue weighted by molar-refractivity contribution is 0.237. The fourth-order valence-electron chi connectivity index (χ4n) is 2.07. The summed E-state index contributed by atoms with van der Waals surface area (Å²) < 4.78 is 0. The molecule has 1 aliphatic heterocycles. The molecule has 1 fully saturated rings. The van der Waals surface area contributed by atoms with E-state index < -0.39 is 0 Å². The van der Waals surface area contributed by atoms with Crippen molar-refractivity contribution in [2.24, 2.45) is 0 Å². The summed E-state index contributed by atoms with van der Waals surface area (Å²) in [6, 6.07) is 9.09. The molecule has 1 aromatic rings. The summed E-state index contributed by atoms with van der Waals surface area (Å²) in [4.78, 5) is 0. The molecular weight excluding hydrogens is 170 g/mol. The smallest absolute Gasteiger partial charge is 0.0418 e. The van der Waals surface area contributed by atoms with E-state index >= 15 is 0 Å². The highest BCUT2D eigenvalue weighted by Crippen LogP contribution is 2.30. The van der Waals surface area contributed by atoms with Crippen LogP contribution < -0.4 is 5.32 Å². The molecule has 1 N–H and O–H groups in total. The Kier molecular flexibility index (Phi) is 2.60. The zero-order valence-corrected chi connectivity index (χ0v) is 9.14. The zero-order valence-electron chi connectivity index (χ0n) is 9.14. The molecule has 0 radical (unpaired) electrons. The van der Waals surface area contributed by atoms with Crippen molar-refractivity contribution in [2.45, 2.75) is 38.6 Å². The molecule has 1 aromatic carbocycles.